The highest BCUT2D eigenvalue weighted by atomic mass is 32.2. The van der Waals surface area contributed by atoms with Gasteiger partial charge in [-0.1, -0.05) is 13.0 Å². The zero-order valence-corrected chi connectivity index (χ0v) is 17.2. The standard InChI is InChI=1S/C21H26FN3O3S/c1-2-12-25-13-10-18(11-14-25)23-21(26)16-4-3-5-20(15-16)29(27,28)24-19-8-6-17(22)7-9-19/h3-9,15,18,24H,2,10-14H2,1H3,(H,23,26). The summed E-state index contributed by atoms with van der Waals surface area (Å²) in [5.41, 5.74) is 0.545. The summed E-state index contributed by atoms with van der Waals surface area (Å²) in [6, 6.07) is 11.0. The molecule has 1 fully saturated rings. The zero-order valence-electron chi connectivity index (χ0n) is 16.4. The van der Waals surface area contributed by atoms with E-state index in [1.165, 1.54) is 42.5 Å². The molecule has 0 bridgehead atoms. The molecule has 2 aromatic carbocycles. The minimum atomic E-state index is -3.89. The van der Waals surface area contributed by atoms with Gasteiger partial charge >= 0.3 is 0 Å². The molecule has 6 nitrogen and oxygen atoms in total. The van der Waals surface area contributed by atoms with Crippen LogP contribution in [0.1, 0.15) is 36.5 Å². The lowest BCUT2D eigenvalue weighted by Crippen LogP contribution is -2.44. The van der Waals surface area contributed by atoms with Crippen molar-refractivity contribution in [3.8, 4) is 0 Å². The Bertz CT molecular complexity index is 940. The van der Waals surface area contributed by atoms with Crippen LogP contribution in [-0.4, -0.2) is 44.9 Å². The molecule has 3 rings (SSSR count). The topological polar surface area (TPSA) is 78.5 Å². The average molecular weight is 420 g/mol. The number of hydrogen-bond acceptors (Lipinski definition) is 4. The Balaban J connectivity index is 1.65. The van der Waals surface area contributed by atoms with Crippen LogP contribution in [0, 0.1) is 5.82 Å². The first-order valence-corrected chi connectivity index (χ1v) is 11.3. The summed E-state index contributed by atoms with van der Waals surface area (Å²) in [7, 11) is -3.89. The first-order valence-electron chi connectivity index (χ1n) is 9.79. The molecule has 1 amide bonds. The summed E-state index contributed by atoms with van der Waals surface area (Å²) in [4.78, 5) is 15.0. The van der Waals surface area contributed by atoms with Gasteiger partial charge < -0.3 is 10.2 Å². The van der Waals surface area contributed by atoms with E-state index in [1.54, 1.807) is 6.07 Å². The molecule has 29 heavy (non-hydrogen) atoms. The number of benzene rings is 2. The lowest BCUT2D eigenvalue weighted by atomic mass is 10.0. The molecule has 1 aliphatic heterocycles. The van der Waals surface area contributed by atoms with E-state index in [2.05, 4.69) is 21.9 Å². The van der Waals surface area contributed by atoms with Gasteiger partial charge in [-0.2, -0.15) is 0 Å². The predicted octanol–water partition coefficient (Wildman–Crippen LogP) is 3.23. The van der Waals surface area contributed by atoms with Gasteiger partial charge in [0.15, 0.2) is 0 Å². The van der Waals surface area contributed by atoms with Crippen LogP contribution in [-0.2, 0) is 10.0 Å². The number of rotatable bonds is 7. The number of halogens is 1. The van der Waals surface area contributed by atoms with Crippen LogP contribution < -0.4 is 10.0 Å². The normalized spacial score (nSPS) is 15.8. The fourth-order valence-electron chi connectivity index (χ4n) is 3.42. The van der Waals surface area contributed by atoms with Crippen LogP contribution in [0.15, 0.2) is 53.4 Å². The summed E-state index contributed by atoms with van der Waals surface area (Å²) < 4.78 is 40.6. The van der Waals surface area contributed by atoms with E-state index >= 15 is 0 Å². The Kier molecular flexibility index (Phi) is 6.87. The molecule has 1 heterocycles. The van der Waals surface area contributed by atoms with Crippen molar-refractivity contribution >= 4 is 21.6 Å². The van der Waals surface area contributed by atoms with E-state index < -0.39 is 15.8 Å². The summed E-state index contributed by atoms with van der Waals surface area (Å²) in [6.07, 6.45) is 2.88. The Hall–Kier alpha value is -2.45. The van der Waals surface area contributed by atoms with Crippen LogP contribution >= 0.6 is 0 Å². The Morgan fingerprint density at radius 3 is 2.48 bits per heavy atom. The molecular formula is C21H26FN3O3S. The molecule has 156 valence electrons. The molecule has 0 aromatic heterocycles. The smallest absolute Gasteiger partial charge is 0.261 e. The number of piperidine rings is 1. The van der Waals surface area contributed by atoms with E-state index in [-0.39, 0.29) is 22.5 Å². The number of sulfonamides is 1. The molecule has 0 unspecified atom stereocenters. The monoisotopic (exact) mass is 419 g/mol. The average Bonchev–Trinajstić information content (AvgIpc) is 2.71. The largest absolute Gasteiger partial charge is 0.349 e. The SMILES string of the molecule is CCCN1CCC(NC(=O)c2cccc(S(=O)(=O)Nc3ccc(F)cc3)c2)CC1. The molecule has 0 saturated carbocycles. The molecule has 2 aromatic rings. The van der Waals surface area contributed by atoms with Crippen LogP contribution in [0.4, 0.5) is 10.1 Å². The van der Waals surface area contributed by atoms with Crippen molar-refractivity contribution in [1.82, 2.24) is 10.2 Å². The quantitative estimate of drug-likeness (QED) is 0.722. The van der Waals surface area contributed by atoms with Gasteiger partial charge in [-0.15, -0.1) is 0 Å². The highest BCUT2D eigenvalue weighted by molar-refractivity contribution is 7.92. The van der Waals surface area contributed by atoms with Crippen molar-refractivity contribution in [3.63, 3.8) is 0 Å². The molecule has 0 atom stereocenters. The van der Waals surface area contributed by atoms with Crippen molar-refractivity contribution in [2.24, 2.45) is 0 Å². The van der Waals surface area contributed by atoms with Crippen molar-refractivity contribution in [2.75, 3.05) is 24.4 Å². The van der Waals surface area contributed by atoms with Crippen molar-refractivity contribution < 1.29 is 17.6 Å². The Morgan fingerprint density at radius 2 is 1.83 bits per heavy atom. The Morgan fingerprint density at radius 1 is 1.14 bits per heavy atom. The number of likely N-dealkylation sites (tertiary alicyclic amines) is 1. The van der Waals surface area contributed by atoms with Crippen LogP contribution in [0.3, 0.4) is 0 Å². The minimum absolute atomic E-state index is 0.0211. The van der Waals surface area contributed by atoms with Gasteiger partial charge in [-0.3, -0.25) is 9.52 Å². The number of nitrogens with one attached hydrogen (secondary N) is 2. The number of carbonyl (C=O) groups is 1. The first kappa shape index (κ1) is 21.3. The second-order valence-electron chi connectivity index (χ2n) is 7.23. The Labute approximate surface area is 171 Å². The van der Waals surface area contributed by atoms with Gasteiger partial charge in [0.1, 0.15) is 5.82 Å². The van der Waals surface area contributed by atoms with Crippen molar-refractivity contribution in [1.29, 1.82) is 0 Å². The lowest BCUT2D eigenvalue weighted by Gasteiger charge is -2.32. The van der Waals surface area contributed by atoms with E-state index in [9.17, 15) is 17.6 Å². The fourth-order valence-corrected chi connectivity index (χ4v) is 4.53. The third-order valence-corrected chi connectivity index (χ3v) is 6.34. The molecule has 0 radical (unpaired) electrons. The van der Waals surface area contributed by atoms with Gasteiger partial charge in [-0.25, -0.2) is 12.8 Å². The minimum Gasteiger partial charge on any atom is -0.349 e. The number of nitrogens with zero attached hydrogens (tertiary/aromatic N) is 1. The van der Waals surface area contributed by atoms with E-state index in [1.807, 2.05) is 0 Å². The third kappa shape index (κ3) is 5.77. The van der Waals surface area contributed by atoms with Crippen molar-refractivity contribution in [3.05, 3.63) is 59.9 Å². The maximum atomic E-state index is 13.0. The number of anilines is 1. The lowest BCUT2D eigenvalue weighted by molar-refractivity contribution is 0.0911. The van der Waals surface area contributed by atoms with Crippen LogP contribution in [0.25, 0.3) is 0 Å². The maximum absolute atomic E-state index is 13.0. The molecule has 1 saturated heterocycles. The highest BCUT2D eigenvalue weighted by Crippen LogP contribution is 2.18. The molecule has 8 heteroatoms. The van der Waals surface area contributed by atoms with E-state index in [0.29, 0.717) is 5.56 Å². The maximum Gasteiger partial charge on any atom is 0.261 e. The van der Waals surface area contributed by atoms with Crippen LogP contribution in [0.5, 0.6) is 0 Å². The zero-order chi connectivity index (χ0) is 20.9. The number of carbonyl (C=O) groups excluding carboxylic acids is 1. The second kappa shape index (κ2) is 9.37. The number of hydrogen-bond donors (Lipinski definition) is 2. The molecular weight excluding hydrogens is 393 g/mol. The van der Waals surface area contributed by atoms with Gasteiger partial charge in [-0.05, 0) is 68.3 Å². The number of amides is 1. The first-order chi connectivity index (χ1) is 13.9. The summed E-state index contributed by atoms with van der Waals surface area (Å²) in [5, 5.41) is 3.01. The van der Waals surface area contributed by atoms with Crippen molar-refractivity contribution in [2.45, 2.75) is 37.1 Å². The molecule has 0 aliphatic carbocycles. The van der Waals surface area contributed by atoms with E-state index in [4.69, 9.17) is 0 Å². The van der Waals surface area contributed by atoms with Gasteiger partial charge in [0.25, 0.3) is 15.9 Å². The second-order valence-corrected chi connectivity index (χ2v) is 8.91. The van der Waals surface area contributed by atoms with E-state index in [0.717, 1.165) is 38.9 Å². The summed E-state index contributed by atoms with van der Waals surface area (Å²) in [5.74, 6) is -0.732. The molecule has 1 aliphatic rings. The summed E-state index contributed by atoms with van der Waals surface area (Å²) in [6.45, 7) is 5.13. The van der Waals surface area contributed by atoms with Crippen LogP contribution in [0.2, 0.25) is 0 Å². The van der Waals surface area contributed by atoms with Gasteiger partial charge in [0.05, 0.1) is 4.90 Å². The van der Waals surface area contributed by atoms with Gasteiger partial charge in [0, 0.05) is 30.4 Å². The predicted molar refractivity (Wildman–Crippen MR) is 111 cm³/mol. The molecule has 0 spiro atoms. The summed E-state index contributed by atoms with van der Waals surface area (Å²) >= 11 is 0. The third-order valence-electron chi connectivity index (χ3n) is 4.97. The van der Waals surface area contributed by atoms with Gasteiger partial charge in [0.2, 0.25) is 0 Å². The fraction of sp³-hybridized carbons (Fsp3) is 0.381. The highest BCUT2D eigenvalue weighted by Gasteiger charge is 2.22. The molecule has 2 N–H and O–H groups in total.